The lowest BCUT2D eigenvalue weighted by Gasteiger charge is -2.34. The van der Waals surface area contributed by atoms with E-state index in [1.807, 2.05) is 6.07 Å². The molecule has 1 saturated carbocycles. The summed E-state index contributed by atoms with van der Waals surface area (Å²) in [5, 5.41) is 9.51. The number of rotatable bonds is 10. The minimum atomic E-state index is 0. The molecule has 10 heteroatoms. The van der Waals surface area contributed by atoms with Crippen molar-refractivity contribution < 1.29 is 4.79 Å². The zero-order valence-corrected chi connectivity index (χ0v) is 20.2. The second-order valence-corrected chi connectivity index (χ2v) is 7.48. The average Bonchev–Trinajstić information content (AvgIpc) is 3.60. The van der Waals surface area contributed by atoms with E-state index in [0.717, 1.165) is 77.0 Å². The van der Waals surface area contributed by atoms with Crippen LogP contribution in [0.25, 0.3) is 0 Å². The molecule has 30 heavy (non-hydrogen) atoms. The van der Waals surface area contributed by atoms with Crippen LogP contribution in [0.5, 0.6) is 0 Å². The zero-order chi connectivity index (χ0) is 20.3. The largest absolute Gasteiger partial charge is 0.357 e. The summed E-state index contributed by atoms with van der Waals surface area (Å²) in [6.07, 6.45) is 6.70. The van der Waals surface area contributed by atoms with Gasteiger partial charge in [-0.25, -0.2) is 9.97 Å². The number of halogens is 1. The summed E-state index contributed by atoms with van der Waals surface area (Å²) >= 11 is 0. The van der Waals surface area contributed by atoms with E-state index >= 15 is 0 Å². The number of hydrogen-bond acceptors (Lipinski definition) is 6. The molecule has 2 aliphatic rings. The molecule has 3 rings (SSSR count). The molecule has 0 radical (unpaired) electrons. The first-order chi connectivity index (χ1) is 14.3. The standard InChI is InChI=1S/C20H34N8O.HI/c1-2-21-19(24-11-10-22-18(29)17-5-6-17)23-9-4-12-27-13-15-28(16-14-27)20-25-7-3-8-26-20;/h3,7-8,17H,2,4-6,9-16H2,1H3,(H,22,29)(H2,21,23,24);1H. The van der Waals surface area contributed by atoms with Gasteiger partial charge in [0.1, 0.15) is 0 Å². The van der Waals surface area contributed by atoms with Crippen LogP contribution in [-0.4, -0.2) is 85.6 Å². The number of nitrogens with zero attached hydrogens (tertiary/aromatic N) is 5. The number of anilines is 1. The van der Waals surface area contributed by atoms with Crippen molar-refractivity contribution in [3.63, 3.8) is 0 Å². The Labute approximate surface area is 196 Å². The average molecular weight is 530 g/mol. The van der Waals surface area contributed by atoms with Crippen molar-refractivity contribution in [3.05, 3.63) is 18.5 Å². The Balaban J connectivity index is 0.00000320. The molecule has 1 saturated heterocycles. The number of aromatic nitrogens is 2. The summed E-state index contributed by atoms with van der Waals surface area (Å²) in [6, 6.07) is 1.85. The molecule has 1 aromatic heterocycles. The fourth-order valence-corrected chi connectivity index (χ4v) is 3.31. The van der Waals surface area contributed by atoms with Crippen LogP contribution in [0.15, 0.2) is 23.5 Å². The summed E-state index contributed by atoms with van der Waals surface area (Å²) in [4.78, 5) is 29.7. The number of carbonyl (C=O) groups is 1. The number of aliphatic imine (C=N–C) groups is 1. The van der Waals surface area contributed by atoms with Crippen molar-refractivity contribution in [2.75, 3.05) is 63.8 Å². The van der Waals surface area contributed by atoms with Crippen molar-refractivity contribution in [1.82, 2.24) is 30.8 Å². The number of guanidine groups is 1. The van der Waals surface area contributed by atoms with Crippen LogP contribution in [-0.2, 0) is 4.79 Å². The molecule has 0 aromatic carbocycles. The van der Waals surface area contributed by atoms with Gasteiger partial charge in [-0.15, -0.1) is 24.0 Å². The Morgan fingerprint density at radius 1 is 1.10 bits per heavy atom. The Kier molecular flexibility index (Phi) is 11.1. The van der Waals surface area contributed by atoms with E-state index in [1.54, 1.807) is 12.4 Å². The van der Waals surface area contributed by atoms with Gasteiger partial charge in [0, 0.05) is 77.2 Å². The number of hydrogen-bond donors (Lipinski definition) is 3. The van der Waals surface area contributed by atoms with Gasteiger partial charge in [0.05, 0.1) is 0 Å². The first-order valence-electron chi connectivity index (χ1n) is 10.8. The van der Waals surface area contributed by atoms with Gasteiger partial charge in [-0.2, -0.15) is 0 Å². The van der Waals surface area contributed by atoms with Gasteiger partial charge < -0.3 is 20.9 Å². The van der Waals surface area contributed by atoms with E-state index in [1.165, 1.54) is 0 Å². The maximum atomic E-state index is 11.6. The minimum Gasteiger partial charge on any atom is -0.357 e. The summed E-state index contributed by atoms with van der Waals surface area (Å²) in [7, 11) is 0. The Morgan fingerprint density at radius 3 is 2.47 bits per heavy atom. The third kappa shape index (κ3) is 8.58. The van der Waals surface area contributed by atoms with E-state index in [0.29, 0.717) is 13.1 Å². The predicted octanol–water partition coefficient (Wildman–Crippen LogP) is 0.688. The van der Waals surface area contributed by atoms with Crippen molar-refractivity contribution in [3.8, 4) is 0 Å². The van der Waals surface area contributed by atoms with Gasteiger partial charge >= 0.3 is 0 Å². The molecule has 3 N–H and O–H groups in total. The lowest BCUT2D eigenvalue weighted by atomic mass is 10.3. The molecule has 1 aliphatic carbocycles. The van der Waals surface area contributed by atoms with Crippen LogP contribution in [0.2, 0.25) is 0 Å². The Morgan fingerprint density at radius 2 is 1.80 bits per heavy atom. The van der Waals surface area contributed by atoms with Crippen molar-refractivity contribution >= 4 is 41.8 Å². The maximum absolute atomic E-state index is 11.6. The van der Waals surface area contributed by atoms with Crippen LogP contribution in [0.4, 0.5) is 5.95 Å². The SMILES string of the molecule is CCNC(=NCCCN1CCN(c2ncccn2)CC1)NCCNC(=O)C1CC1.I. The van der Waals surface area contributed by atoms with Gasteiger partial charge in [0.2, 0.25) is 11.9 Å². The quantitative estimate of drug-likeness (QED) is 0.177. The molecule has 0 spiro atoms. The van der Waals surface area contributed by atoms with E-state index in [-0.39, 0.29) is 35.8 Å². The van der Waals surface area contributed by atoms with E-state index in [2.05, 4.69) is 47.6 Å². The predicted molar refractivity (Wildman–Crippen MR) is 130 cm³/mol. The lowest BCUT2D eigenvalue weighted by Crippen LogP contribution is -2.47. The van der Waals surface area contributed by atoms with Crippen molar-refractivity contribution in [2.24, 2.45) is 10.9 Å². The fourth-order valence-electron chi connectivity index (χ4n) is 3.31. The van der Waals surface area contributed by atoms with Gasteiger partial charge in [-0.1, -0.05) is 0 Å². The zero-order valence-electron chi connectivity index (χ0n) is 17.8. The highest BCUT2D eigenvalue weighted by atomic mass is 127. The molecular weight excluding hydrogens is 495 g/mol. The van der Waals surface area contributed by atoms with Crippen LogP contribution >= 0.6 is 24.0 Å². The summed E-state index contributed by atoms with van der Waals surface area (Å²) in [5.41, 5.74) is 0. The topological polar surface area (TPSA) is 97.8 Å². The summed E-state index contributed by atoms with van der Waals surface area (Å²) in [5.74, 6) is 2.09. The number of piperazine rings is 1. The summed E-state index contributed by atoms with van der Waals surface area (Å²) < 4.78 is 0. The molecule has 0 unspecified atom stereocenters. The highest BCUT2D eigenvalue weighted by Gasteiger charge is 2.28. The minimum absolute atomic E-state index is 0. The van der Waals surface area contributed by atoms with Crippen LogP contribution < -0.4 is 20.9 Å². The van der Waals surface area contributed by atoms with E-state index < -0.39 is 0 Å². The molecule has 0 atom stereocenters. The van der Waals surface area contributed by atoms with Crippen LogP contribution in [0.1, 0.15) is 26.2 Å². The van der Waals surface area contributed by atoms with Crippen molar-refractivity contribution in [1.29, 1.82) is 0 Å². The first-order valence-corrected chi connectivity index (χ1v) is 10.8. The smallest absolute Gasteiger partial charge is 0.225 e. The summed E-state index contributed by atoms with van der Waals surface area (Å²) in [6.45, 7) is 10.0. The molecule has 2 fully saturated rings. The van der Waals surface area contributed by atoms with Crippen LogP contribution in [0.3, 0.4) is 0 Å². The molecule has 9 nitrogen and oxygen atoms in total. The van der Waals surface area contributed by atoms with Crippen LogP contribution in [0, 0.1) is 5.92 Å². The lowest BCUT2D eigenvalue weighted by molar-refractivity contribution is -0.122. The molecule has 0 bridgehead atoms. The number of carbonyl (C=O) groups excluding carboxylic acids is 1. The number of amides is 1. The second-order valence-electron chi connectivity index (χ2n) is 7.48. The molecule has 168 valence electrons. The Bertz CT molecular complexity index is 647. The maximum Gasteiger partial charge on any atom is 0.225 e. The highest BCUT2D eigenvalue weighted by Crippen LogP contribution is 2.28. The second kappa shape index (κ2) is 13.6. The molecule has 1 amide bonds. The third-order valence-electron chi connectivity index (χ3n) is 5.12. The molecule has 1 aromatic rings. The highest BCUT2D eigenvalue weighted by molar-refractivity contribution is 14.0. The first kappa shape index (κ1) is 24.6. The van der Waals surface area contributed by atoms with Gasteiger partial charge in [-0.05, 0) is 32.3 Å². The molecule has 1 aliphatic heterocycles. The Hall–Kier alpha value is -1.69. The van der Waals surface area contributed by atoms with Crippen molar-refractivity contribution in [2.45, 2.75) is 26.2 Å². The van der Waals surface area contributed by atoms with E-state index in [4.69, 9.17) is 0 Å². The molecule has 2 heterocycles. The number of nitrogens with one attached hydrogen (secondary N) is 3. The normalized spacial score (nSPS) is 17.2. The molecular formula is C20H35IN8O. The van der Waals surface area contributed by atoms with Gasteiger partial charge in [-0.3, -0.25) is 14.7 Å². The monoisotopic (exact) mass is 530 g/mol. The van der Waals surface area contributed by atoms with Gasteiger partial charge in [0.15, 0.2) is 5.96 Å². The van der Waals surface area contributed by atoms with E-state index in [9.17, 15) is 4.79 Å². The third-order valence-corrected chi connectivity index (χ3v) is 5.12. The van der Waals surface area contributed by atoms with Gasteiger partial charge in [0.25, 0.3) is 0 Å². The fraction of sp³-hybridized carbons (Fsp3) is 0.700.